The average Bonchev–Trinajstić information content (AvgIpc) is 3.25. The molecule has 1 aliphatic rings. The van der Waals surface area contributed by atoms with Gasteiger partial charge >= 0.3 is 0 Å². The van der Waals surface area contributed by atoms with Gasteiger partial charge < -0.3 is 20.0 Å². The Bertz CT molecular complexity index is 903. The lowest BCUT2D eigenvalue weighted by Gasteiger charge is -2.35. The van der Waals surface area contributed by atoms with Crippen LogP contribution in [0.15, 0.2) is 71.3 Å². The van der Waals surface area contributed by atoms with Crippen LogP contribution >= 0.6 is 0 Å². The molecule has 0 spiro atoms. The van der Waals surface area contributed by atoms with Gasteiger partial charge in [-0.3, -0.25) is 4.79 Å². The number of aromatic nitrogens is 1. The van der Waals surface area contributed by atoms with E-state index in [1.54, 1.807) is 0 Å². The van der Waals surface area contributed by atoms with Gasteiger partial charge in [-0.25, -0.2) is 4.98 Å². The highest BCUT2D eigenvalue weighted by Crippen LogP contribution is 2.19. The zero-order chi connectivity index (χ0) is 19.3. The first kappa shape index (κ1) is 18.3. The minimum Gasteiger partial charge on any atom is -0.446 e. The Morgan fingerprint density at radius 3 is 2.32 bits per heavy atom. The number of rotatable bonds is 5. The third kappa shape index (κ3) is 4.07. The van der Waals surface area contributed by atoms with Crippen molar-refractivity contribution in [1.82, 2.24) is 9.88 Å². The molecule has 6 heteroatoms. The summed E-state index contributed by atoms with van der Waals surface area (Å²) in [5, 5.41) is 0. The summed E-state index contributed by atoms with van der Waals surface area (Å²) in [5.74, 6) is 0.296. The van der Waals surface area contributed by atoms with E-state index in [9.17, 15) is 4.79 Å². The summed E-state index contributed by atoms with van der Waals surface area (Å²) in [4.78, 5) is 21.3. The van der Waals surface area contributed by atoms with E-state index < -0.39 is 0 Å². The number of hydrogen-bond acceptors (Lipinski definition) is 5. The van der Waals surface area contributed by atoms with Gasteiger partial charge in [-0.15, -0.1) is 0 Å². The van der Waals surface area contributed by atoms with Crippen molar-refractivity contribution < 1.29 is 9.21 Å². The van der Waals surface area contributed by atoms with Crippen LogP contribution in [0.25, 0.3) is 0 Å². The fraction of sp³-hybridized carbons (Fsp3) is 0.273. The zero-order valence-electron chi connectivity index (χ0n) is 15.7. The zero-order valence-corrected chi connectivity index (χ0v) is 15.7. The maximum absolute atomic E-state index is 12.8. The molecule has 0 bridgehead atoms. The third-order valence-electron chi connectivity index (χ3n) is 5.04. The van der Waals surface area contributed by atoms with Gasteiger partial charge in [0.2, 0.25) is 5.89 Å². The summed E-state index contributed by atoms with van der Waals surface area (Å²) in [7, 11) is 0. The molecule has 0 radical (unpaired) electrons. The number of para-hydroxylation sites is 1. The van der Waals surface area contributed by atoms with Crippen molar-refractivity contribution in [3.8, 4) is 0 Å². The molecule has 2 heterocycles. The number of nitrogens with zero attached hydrogens (tertiary/aromatic N) is 3. The maximum atomic E-state index is 12.8. The van der Waals surface area contributed by atoms with Crippen LogP contribution in [0.3, 0.4) is 0 Å². The number of amides is 1. The maximum Gasteiger partial charge on any atom is 0.275 e. The number of benzene rings is 2. The summed E-state index contributed by atoms with van der Waals surface area (Å²) >= 11 is 0. The molecular weight excluding hydrogens is 352 g/mol. The fourth-order valence-corrected chi connectivity index (χ4v) is 3.48. The van der Waals surface area contributed by atoms with Crippen LogP contribution in [-0.4, -0.2) is 42.0 Å². The Hall–Kier alpha value is -3.12. The first-order valence-electron chi connectivity index (χ1n) is 9.55. The van der Waals surface area contributed by atoms with Crippen LogP contribution in [0.1, 0.15) is 28.0 Å². The molecule has 0 aliphatic carbocycles. The first-order valence-corrected chi connectivity index (χ1v) is 9.55. The summed E-state index contributed by atoms with van der Waals surface area (Å²) < 4.78 is 5.51. The third-order valence-corrected chi connectivity index (χ3v) is 5.04. The van der Waals surface area contributed by atoms with E-state index in [4.69, 9.17) is 10.2 Å². The molecule has 1 amide bonds. The minimum absolute atomic E-state index is 0.102. The highest BCUT2D eigenvalue weighted by atomic mass is 16.3. The first-order chi connectivity index (χ1) is 13.7. The van der Waals surface area contributed by atoms with Crippen LogP contribution in [0.4, 0.5) is 5.69 Å². The Kier molecular flexibility index (Phi) is 5.39. The van der Waals surface area contributed by atoms with Gasteiger partial charge in [-0.2, -0.15) is 0 Å². The SMILES string of the molecule is NC(Cc1ccccc1)c1nc(C(=O)N2CCN(c3ccccc3)CC2)co1. The van der Waals surface area contributed by atoms with Gasteiger partial charge in [0.05, 0.1) is 6.04 Å². The van der Waals surface area contributed by atoms with E-state index >= 15 is 0 Å². The van der Waals surface area contributed by atoms with Crippen LogP contribution in [0, 0.1) is 0 Å². The van der Waals surface area contributed by atoms with Gasteiger partial charge in [0.15, 0.2) is 5.69 Å². The molecule has 1 aromatic heterocycles. The van der Waals surface area contributed by atoms with E-state index in [0.717, 1.165) is 18.7 Å². The largest absolute Gasteiger partial charge is 0.446 e. The monoisotopic (exact) mass is 376 g/mol. The quantitative estimate of drug-likeness (QED) is 0.741. The van der Waals surface area contributed by atoms with Crippen LogP contribution in [0.2, 0.25) is 0 Å². The summed E-state index contributed by atoms with van der Waals surface area (Å²) in [5.41, 5.74) is 8.83. The van der Waals surface area contributed by atoms with E-state index in [1.165, 1.54) is 12.0 Å². The Morgan fingerprint density at radius 1 is 1.00 bits per heavy atom. The van der Waals surface area contributed by atoms with E-state index in [2.05, 4.69) is 22.0 Å². The second-order valence-electron chi connectivity index (χ2n) is 6.98. The van der Waals surface area contributed by atoms with Gasteiger partial charge in [0.1, 0.15) is 6.26 Å². The van der Waals surface area contributed by atoms with Crippen molar-refractivity contribution in [1.29, 1.82) is 0 Å². The summed E-state index contributed by atoms with van der Waals surface area (Å²) in [6, 6.07) is 19.8. The van der Waals surface area contributed by atoms with Crippen molar-refractivity contribution in [3.63, 3.8) is 0 Å². The Labute approximate surface area is 164 Å². The highest BCUT2D eigenvalue weighted by Gasteiger charge is 2.25. The number of oxazole rings is 1. The molecule has 2 N–H and O–H groups in total. The molecule has 144 valence electrons. The molecule has 1 saturated heterocycles. The molecule has 1 unspecified atom stereocenters. The number of piperazine rings is 1. The topological polar surface area (TPSA) is 75.6 Å². The van der Waals surface area contributed by atoms with Crippen LogP contribution in [-0.2, 0) is 6.42 Å². The molecular formula is C22H24N4O2. The number of anilines is 1. The van der Waals surface area contributed by atoms with E-state index in [0.29, 0.717) is 31.1 Å². The molecule has 6 nitrogen and oxygen atoms in total. The van der Waals surface area contributed by atoms with E-state index in [1.807, 2.05) is 53.4 Å². The van der Waals surface area contributed by atoms with Crippen LogP contribution in [0.5, 0.6) is 0 Å². The molecule has 1 aliphatic heterocycles. The minimum atomic E-state index is -0.376. The van der Waals surface area contributed by atoms with Gasteiger partial charge in [0, 0.05) is 31.9 Å². The molecule has 1 atom stereocenters. The fourth-order valence-electron chi connectivity index (χ4n) is 3.48. The lowest BCUT2D eigenvalue weighted by atomic mass is 10.1. The molecule has 1 fully saturated rings. The van der Waals surface area contributed by atoms with Gasteiger partial charge in [-0.05, 0) is 24.1 Å². The standard InChI is InChI=1S/C22H24N4O2/c23-19(15-17-7-3-1-4-8-17)21-24-20(16-28-21)22(27)26-13-11-25(12-14-26)18-9-5-2-6-10-18/h1-10,16,19H,11-15,23H2. The van der Waals surface area contributed by atoms with Crippen molar-refractivity contribution in [2.45, 2.75) is 12.5 Å². The van der Waals surface area contributed by atoms with Crippen molar-refractivity contribution >= 4 is 11.6 Å². The number of hydrogen-bond donors (Lipinski definition) is 1. The smallest absolute Gasteiger partial charge is 0.275 e. The normalized spacial score (nSPS) is 15.5. The van der Waals surface area contributed by atoms with Gasteiger partial charge in [-0.1, -0.05) is 48.5 Å². The van der Waals surface area contributed by atoms with Gasteiger partial charge in [0.25, 0.3) is 5.91 Å². The van der Waals surface area contributed by atoms with E-state index in [-0.39, 0.29) is 11.9 Å². The second kappa shape index (κ2) is 8.27. The summed E-state index contributed by atoms with van der Waals surface area (Å²) in [6.07, 6.45) is 2.04. The van der Waals surface area contributed by atoms with Crippen LogP contribution < -0.4 is 10.6 Å². The molecule has 3 aromatic rings. The average molecular weight is 376 g/mol. The number of carbonyl (C=O) groups is 1. The molecule has 2 aromatic carbocycles. The predicted molar refractivity (Wildman–Crippen MR) is 108 cm³/mol. The second-order valence-corrected chi connectivity index (χ2v) is 6.98. The number of carbonyl (C=O) groups excluding carboxylic acids is 1. The van der Waals surface area contributed by atoms with Crippen molar-refractivity contribution in [2.75, 3.05) is 31.1 Å². The van der Waals surface area contributed by atoms with Crippen molar-refractivity contribution in [2.24, 2.45) is 5.73 Å². The Morgan fingerprint density at radius 2 is 1.64 bits per heavy atom. The highest BCUT2D eigenvalue weighted by molar-refractivity contribution is 5.92. The number of nitrogens with two attached hydrogens (primary N) is 1. The summed E-state index contributed by atoms with van der Waals surface area (Å²) in [6.45, 7) is 2.92. The molecule has 4 rings (SSSR count). The molecule has 0 saturated carbocycles. The van der Waals surface area contributed by atoms with Crippen molar-refractivity contribution in [3.05, 3.63) is 84.1 Å². The molecule has 28 heavy (non-hydrogen) atoms. The Balaban J connectivity index is 1.36. The predicted octanol–water partition coefficient (Wildman–Crippen LogP) is 2.88. The lowest BCUT2D eigenvalue weighted by molar-refractivity contribution is 0.0741. The lowest BCUT2D eigenvalue weighted by Crippen LogP contribution is -2.48.